The number of aryl methyl sites for hydroxylation is 1. The molecule has 3 aromatic carbocycles. The van der Waals surface area contributed by atoms with E-state index < -0.39 is 0 Å². The first-order chi connectivity index (χ1) is 13.7. The summed E-state index contributed by atoms with van der Waals surface area (Å²) in [5.41, 5.74) is 5.19. The van der Waals surface area contributed by atoms with Gasteiger partial charge in [0, 0.05) is 24.1 Å². The minimum Gasteiger partial charge on any atom is -0.496 e. The Labute approximate surface area is 166 Å². The number of benzene rings is 3. The standard InChI is InChI=1S/C25H26FNO/c1-28-25-9-5-3-7-20(25)17-27-24-15-12-19-6-2-4-8-22(19)23(24)16-18-10-13-21(26)14-11-18/h2-11,13-14,23-24,27H,12,15-17H2,1H3. The molecule has 0 aromatic heterocycles. The quantitative estimate of drug-likeness (QED) is 0.634. The van der Waals surface area contributed by atoms with Crippen LogP contribution in [-0.2, 0) is 19.4 Å². The van der Waals surface area contributed by atoms with E-state index in [1.807, 2.05) is 30.3 Å². The number of para-hydroxylation sites is 1. The predicted octanol–water partition coefficient (Wildman–Crippen LogP) is 5.27. The van der Waals surface area contributed by atoms with E-state index in [4.69, 9.17) is 4.74 Å². The van der Waals surface area contributed by atoms with Gasteiger partial charge in [-0.25, -0.2) is 4.39 Å². The molecule has 2 atom stereocenters. The molecule has 0 saturated heterocycles. The first kappa shape index (κ1) is 18.7. The van der Waals surface area contributed by atoms with Crippen LogP contribution in [0.15, 0.2) is 72.8 Å². The molecule has 144 valence electrons. The predicted molar refractivity (Wildman–Crippen MR) is 111 cm³/mol. The third kappa shape index (κ3) is 4.10. The largest absolute Gasteiger partial charge is 0.496 e. The molecule has 0 bridgehead atoms. The molecule has 2 unspecified atom stereocenters. The molecule has 3 heteroatoms. The minimum atomic E-state index is -0.182. The Kier molecular flexibility index (Phi) is 5.73. The zero-order valence-corrected chi connectivity index (χ0v) is 16.2. The average molecular weight is 375 g/mol. The fraction of sp³-hybridized carbons (Fsp3) is 0.280. The summed E-state index contributed by atoms with van der Waals surface area (Å²) >= 11 is 0. The SMILES string of the molecule is COc1ccccc1CNC1CCc2ccccc2C1Cc1ccc(F)cc1. The minimum absolute atomic E-state index is 0.182. The molecule has 1 aliphatic rings. The van der Waals surface area contributed by atoms with Gasteiger partial charge in [0.05, 0.1) is 7.11 Å². The highest BCUT2D eigenvalue weighted by atomic mass is 19.1. The van der Waals surface area contributed by atoms with Crippen molar-refractivity contribution >= 4 is 0 Å². The van der Waals surface area contributed by atoms with E-state index in [0.717, 1.165) is 31.6 Å². The molecule has 0 fully saturated rings. The van der Waals surface area contributed by atoms with E-state index in [9.17, 15) is 4.39 Å². The van der Waals surface area contributed by atoms with E-state index >= 15 is 0 Å². The van der Waals surface area contributed by atoms with Crippen LogP contribution < -0.4 is 10.1 Å². The Morgan fingerprint density at radius 2 is 1.71 bits per heavy atom. The highest BCUT2D eigenvalue weighted by Gasteiger charge is 2.29. The molecule has 0 heterocycles. The zero-order valence-electron chi connectivity index (χ0n) is 16.2. The number of halogens is 1. The fourth-order valence-electron chi connectivity index (χ4n) is 4.31. The summed E-state index contributed by atoms with van der Waals surface area (Å²) in [5.74, 6) is 1.10. The highest BCUT2D eigenvalue weighted by molar-refractivity contribution is 5.37. The Morgan fingerprint density at radius 3 is 2.54 bits per heavy atom. The molecular formula is C25H26FNO. The van der Waals surface area contributed by atoms with E-state index in [1.54, 1.807) is 19.2 Å². The van der Waals surface area contributed by atoms with Gasteiger partial charge in [0.2, 0.25) is 0 Å². The molecule has 1 N–H and O–H groups in total. The number of rotatable bonds is 6. The lowest BCUT2D eigenvalue weighted by Gasteiger charge is -2.35. The van der Waals surface area contributed by atoms with Gasteiger partial charge >= 0.3 is 0 Å². The van der Waals surface area contributed by atoms with E-state index in [1.165, 1.54) is 22.3 Å². The van der Waals surface area contributed by atoms with E-state index in [0.29, 0.717) is 12.0 Å². The first-order valence-corrected chi connectivity index (χ1v) is 9.92. The number of nitrogens with one attached hydrogen (secondary N) is 1. The maximum atomic E-state index is 13.3. The third-order valence-electron chi connectivity index (χ3n) is 5.78. The van der Waals surface area contributed by atoms with Crippen molar-refractivity contribution in [3.05, 3.63) is 101 Å². The van der Waals surface area contributed by atoms with Crippen molar-refractivity contribution in [3.63, 3.8) is 0 Å². The smallest absolute Gasteiger partial charge is 0.123 e. The van der Waals surface area contributed by atoms with Gasteiger partial charge in [-0.15, -0.1) is 0 Å². The highest BCUT2D eigenvalue weighted by Crippen LogP contribution is 2.35. The maximum absolute atomic E-state index is 13.3. The van der Waals surface area contributed by atoms with Gasteiger partial charge in [-0.2, -0.15) is 0 Å². The normalized spacial score (nSPS) is 18.5. The van der Waals surface area contributed by atoms with Gasteiger partial charge in [-0.05, 0) is 54.2 Å². The number of methoxy groups -OCH3 is 1. The lowest BCUT2D eigenvalue weighted by atomic mass is 9.76. The second kappa shape index (κ2) is 8.57. The Bertz CT molecular complexity index is 922. The molecule has 0 saturated carbocycles. The molecule has 1 aliphatic carbocycles. The zero-order chi connectivity index (χ0) is 19.3. The van der Waals surface area contributed by atoms with Crippen molar-refractivity contribution in [1.29, 1.82) is 0 Å². The summed E-state index contributed by atoms with van der Waals surface area (Å²) < 4.78 is 18.8. The van der Waals surface area contributed by atoms with Crippen molar-refractivity contribution in [2.75, 3.05) is 7.11 Å². The summed E-state index contributed by atoms with van der Waals surface area (Å²) in [4.78, 5) is 0. The lowest BCUT2D eigenvalue weighted by Crippen LogP contribution is -2.39. The van der Waals surface area contributed by atoms with Gasteiger partial charge in [0.1, 0.15) is 11.6 Å². The van der Waals surface area contributed by atoms with Crippen molar-refractivity contribution in [2.24, 2.45) is 0 Å². The van der Waals surface area contributed by atoms with Crippen molar-refractivity contribution < 1.29 is 9.13 Å². The van der Waals surface area contributed by atoms with Crippen LogP contribution in [-0.4, -0.2) is 13.2 Å². The third-order valence-corrected chi connectivity index (χ3v) is 5.78. The summed E-state index contributed by atoms with van der Waals surface area (Å²) in [6.07, 6.45) is 3.08. The molecule has 0 amide bonds. The van der Waals surface area contributed by atoms with Crippen molar-refractivity contribution in [1.82, 2.24) is 5.32 Å². The second-order valence-electron chi connectivity index (χ2n) is 7.47. The van der Waals surface area contributed by atoms with Crippen LogP contribution >= 0.6 is 0 Å². The van der Waals surface area contributed by atoms with Gasteiger partial charge in [0.15, 0.2) is 0 Å². The van der Waals surface area contributed by atoms with Crippen LogP contribution in [0, 0.1) is 5.82 Å². The second-order valence-corrected chi connectivity index (χ2v) is 7.47. The maximum Gasteiger partial charge on any atom is 0.123 e. The topological polar surface area (TPSA) is 21.3 Å². The first-order valence-electron chi connectivity index (χ1n) is 9.92. The van der Waals surface area contributed by atoms with E-state index in [-0.39, 0.29) is 5.82 Å². The molecule has 4 rings (SSSR count). The Hall–Kier alpha value is -2.65. The van der Waals surface area contributed by atoms with Crippen molar-refractivity contribution in [2.45, 2.75) is 37.8 Å². The molecule has 0 aliphatic heterocycles. The van der Waals surface area contributed by atoms with Crippen molar-refractivity contribution in [3.8, 4) is 5.75 Å². The van der Waals surface area contributed by atoms with Crippen LogP contribution in [0.3, 0.4) is 0 Å². The summed E-state index contributed by atoms with van der Waals surface area (Å²) in [5, 5.41) is 3.78. The average Bonchev–Trinajstić information content (AvgIpc) is 2.75. The molecule has 0 radical (unpaired) electrons. The molecule has 3 aromatic rings. The number of fused-ring (bicyclic) bond motifs is 1. The van der Waals surface area contributed by atoms with Crippen LogP contribution in [0.25, 0.3) is 0 Å². The molecular weight excluding hydrogens is 349 g/mol. The Morgan fingerprint density at radius 1 is 0.964 bits per heavy atom. The molecule has 28 heavy (non-hydrogen) atoms. The van der Waals surface area contributed by atoms with Crippen LogP contribution in [0.1, 0.15) is 34.6 Å². The van der Waals surface area contributed by atoms with Gasteiger partial charge in [-0.3, -0.25) is 0 Å². The monoisotopic (exact) mass is 375 g/mol. The molecule has 0 spiro atoms. The summed E-state index contributed by atoms with van der Waals surface area (Å²) in [6.45, 7) is 0.775. The van der Waals surface area contributed by atoms with Crippen LogP contribution in [0.2, 0.25) is 0 Å². The van der Waals surface area contributed by atoms with E-state index in [2.05, 4.69) is 35.6 Å². The van der Waals surface area contributed by atoms with Crippen LogP contribution in [0.4, 0.5) is 4.39 Å². The van der Waals surface area contributed by atoms with Gasteiger partial charge in [0.25, 0.3) is 0 Å². The Balaban J connectivity index is 1.57. The number of hydrogen-bond donors (Lipinski definition) is 1. The number of ether oxygens (including phenoxy) is 1. The van der Waals surface area contributed by atoms with Gasteiger partial charge in [-0.1, -0.05) is 54.6 Å². The molecule has 2 nitrogen and oxygen atoms in total. The number of hydrogen-bond acceptors (Lipinski definition) is 2. The summed E-state index contributed by atoms with van der Waals surface area (Å²) in [7, 11) is 1.72. The van der Waals surface area contributed by atoms with Crippen LogP contribution in [0.5, 0.6) is 5.75 Å². The lowest BCUT2D eigenvalue weighted by molar-refractivity contribution is 0.373. The fourth-order valence-corrected chi connectivity index (χ4v) is 4.31. The summed E-state index contributed by atoms with van der Waals surface area (Å²) in [6, 6.07) is 24.2. The van der Waals surface area contributed by atoms with Gasteiger partial charge < -0.3 is 10.1 Å².